The van der Waals surface area contributed by atoms with E-state index in [4.69, 9.17) is 6.57 Å². The van der Waals surface area contributed by atoms with Crippen molar-refractivity contribution in [2.24, 2.45) is 0 Å². The Labute approximate surface area is 524 Å². The normalized spacial score (nSPS) is 13.6. The molecule has 4 heteroatoms. The fourth-order valence-electron chi connectivity index (χ4n) is 14.5. The van der Waals surface area contributed by atoms with Gasteiger partial charge in [0.25, 0.3) is 5.70 Å². The topological polar surface area (TPSA) is 31.4 Å². The van der Waals surface area contributed by atoms with Gasteiger partial charge in [-0.2, -0.15) is 0 Å². The molecule has 0 aliphatic heterocycles. The van der Waals surface area contributed by atoms with Crippen LogP contribution in [0, 0.1) is 31.8 Å². The SMILES string of the molecule is [C-]#[N+]/C(C#N)=C/c1ccc(/C=C/c2ccc(N(c3ccc(C)cc3)c3ccc(-c4ccc5c(c4)C(CCCCCCCC)(CCCCCCCC)c4cc6c(cc4-5)C(CCCCCCCC)(CCCCCCCC)c4cc(C)ccc4-6)cc3)cc2)s1. The van der Waals surface area contributed by atoms with E-state index in [0.717, 1.165) is 32.4 Å². The van der Waals surface area contributed by atoms with Crippen molar-refractivity contribution in [1.29, 1.82) is 5.26 Å². The van der Waals surface area contributed by atoms with Crippen molar-refractivity contribution in [2.45, 2.75) is 232 Å². The lowest BCUT2D eigenvalue weighted by Gasteiger charge is -2.35. The van der Waals surface area contributed by atoms with Crippen LogP contribution in [0.4, 0.5) is 17.1 Å². The molecule has 0 radical (unpaired) electrons. The zero-order valence-electron chi connectivity index (χ0n) is 53.5. The Kier molecular flexibility index (Phi) is 23.6. The average molecular weight is 1160 g/mol. The summed E-state index contributed by atoms with van der Waals surface area (Å²) in [5.74, 6) is 0. The van der Waals surface area contributed by atoms with Crippen LogP contribution < -0.4 is 4.90 Å². The molecule has 0 unspecified atom stereocenters. The van der Waals surface area contributed by atoms with E-state index in [1.807, 2.05) is 18.2 Å². The Morgan fingerprint density at radius 3 is 1.30 bits per heavy atom. The minimum Gasteiger partial charge on any atom is -0.311 e. The van der Waals surface area contributed by atoms with Crippen LogP contribution >= 0.6 is 11.3 Å². The summed E-state index contributed by atoms with van der Waals surface area (Å²) in [5.41, 5.74) is 22.4. The summed E-state index contributed by atoms with van der Waals surface area (Å²) in [4.78, 5) is 7.67. The Morgan fingerprint density at radius 1 is 0.430 bits per heavy atom. The smallest absolute Gasteiger partial charge is 0.263 e. The molecule has 86 heavy (non-hydrogen) atoms. The monoisotopic (exact) mass is 1160 g/mol. The number of unbranched alkanes of at least 4 members (excludes halogenated alkanes) is 20. The first-order valence-corrected chi connectivity index (χ1v) is 34.8. The van der Waals surface area contributed by atoms with E-state index in [1.54, 1.807) is 45.2 Å². The number of aryl methyl sites for hydroxylation is 2. The number of thiophene rings is 1. The van der Waals surface area contributed by atoms with Crippen LogP contribution in [-0.2, 0) is 10.8 Å². The molecule has 0 N–H and O–H groups in total. The van der Waals surface area contributed by atoms with Gasteiger partial charge in [-0.05, 0) is 180 Å². The predicted octanol–water partition coefficient (Wildman–Crippen LogP) is 26.0. The molecule has 0 bridgehead atoms. The fourth-order valence-corrected chi connectivity index (χ4v) is 15.4. The van der Waals surface area contributed by atoms with Crippen LogP contribution in [0.2, 0.25) is 0 Å². The minimum atomic E-state index is -0.0471. The summed E-state index contributed by atoms with van der Waals surface area (Å²) >= 11 is 1.57. The van der Waals surface area contributed by atoms with Crippen molar-refractivity contribution < 1.29 is 0 Å². The lowest BCUT2D eigenvalue weighted by molar-refractivity contribution is 0.394. The Hall–Kier alpha value is -6.72. The van der Waals surface area contributed by atoms with Crippen molar-refractivity contribution in [1.82, 2.24) is 0 Å². The molecule has 0 saturated carbocycles. The molecule has 2 aliphatic rings. The first-order valence-electron chi connectivity index (χ1n) is 34.0. The third kappa shape index (κ3) is 15.3. The average Bonchev–Trinajstić information content (AvgIpc) is 1.58. The predicted molar refractivity (Wildman–Crippen MR) is 374 cm³/mol. The first kappa shape index (κ1) is 63.8. The van der Waals surface area contributed by atoms with Crippen molar-refractivity contribution in [3.8, 4) is 39.4 Å². The molecule has 3 nitrogen and oxygen atoms in total. The molecule has 0 amide bonds. The highest BCUT2D eigenvalue weighted by atomic mass is 32.1. The molecule has 1 heterocycles. The third-order valence-corrected chi connectivity index (χ3v) is 20.3. The molecule has 448 valence electrons. The van der Waals surface area contributed by atoms with Gasteiger partial charge in [0.15, 0.2) is 0 Å². The molecular weight excluding hydrogens is 1060 g/mol. The Balaban J connectivity index is 1.10. The summed E-state index contributed by atoms with van der Waals surface area (Å²) < 4.78 is 0. The van der Waals surface area contributed by atoms with E-state index in [0.29, 0.717) is 0 Å². The fraction of sp³-hybridized carbons (Fsp3) is 0.439. The van der Waals surface area contributed by atoms with Crippen LogP contribution in [0.1, 0.15) is 256 Å². The maximum absolute atomic E-state index is 9.26. The number of rotatable bonds is 35. The summed E-state index contributed by atoms with van der Waals surface area (Å²) in [7, 11) is 0. The van der Waals surface area contributed by atoms with Crippen molar-refractivity contribution in [3.05, 3.63) is 199 Å². The summed E-state index contributed by atoms with van der Waals surface area (Å²) in [6.07, 6.45) is 42.5. The first-order chi connectivity index (χ1) is 42.2. The third-order valence-electron chi connectivity index (χ3n) is 19.3. The van der Waals surface area contributed by atoms with Crippen LogP contribution in [0.15, 0.2) is 139 Å². The number of anilines is 3. The van der Waals surface area contributed by atoms with Gasteiger partial charge in [-0.3, -0.25) is 0 Å². The highest BCUT2D eigenvalue weighted by Crippen LogP contribution is 2.61. The van der Waals surface area contributed by atoms with Crippen LogP contribution in [0.5, 0.6) is 0 Å². The molecule has 1 aromatic heterocycles. The number of hydrogen-bond acceptors (Lipinski definition) is 3. The number of fused-ring (bicyclic) bond motifs is 6. The molecule has 9 rings (SSSR count). The van der Waals surface area contributed by atoms with Gasteiger partial charge in [0.2, 0.25) is 0 Å². The Bertz CT molecular complexity index is 3380. The molecule has 6 aromatic carbocycles. The standard InChI is InChI=1S/C82H99N3S/c1-8-12-16-20-24-28-52-81(53-29-25-21-17-13-9-2)77-56-63(6)34-50-73(77)75-59-80-76(60-79(75)81)74-51-40-66(57-78(74)82(80,54-30-26-22-18-14-10-3)55-31-27-23-19-15-11-4)65-38-45-70(46-39-65)85(68-41-32-62(5)33-42-68)69-43-35-64(36-44-69)37-47-71-48-49-72(86-71)58-67(61-83)84-7/h32-51,56-60H,8-31,52-55H2,1-6H3/b47-37+,67-58+. The second kappa shape index (κ2) is 31.8. The van der Waals surface area contributed by atoms with Crippen LogP contribution in [-0.4, -0.2) is 0 Å². The van der Waals surface area contributed by atoms with Gasteiger partial charge in [-0.1, -0.05) is 266 Å². The maximum atomic E-state index is 9.26. The molecule has 2 aliphatic carbocycles. The highest BCUT2D eigenvalue weighted by molar-refractivity contribution is 7.13. The molecule has 0 atom stereocenters. The van der Waals surface area contributed by atoms with Gasteiger partial charge in [0.05, 0.1) is 12.6 Å². The van der Waals surface area contributed by atoms with Gasteiger partial charge in [0.1, 0.15) is 0 Å². The lowest BCUT2D eigenvalue weighted by atomic mass is 9.68. The second-order valence-corrected chi connectivity index (χ2v) is 26.8. The summed E-state index contributed by atoms with van der Waals surface area (Å²) in [5, 5.41) is 9.26. The molecule has 0 fully saturated rings. The second-order valence-electron chi connectivity index (χ2n) is 25.6. The van der Waals surface area contributed by atoms with E-state index < -0.39 is 0 Å². The maximum Gasteiger partial charge on any atom is 0.263 e. The van der Waals surface area contributed by atoms with E-state index in [2.05, 4.69) is 185 Å². The van der Waals surface area contributed by atoms with Crippen LogP contribution in [0.3, 0.4) is 0 Å². The number of hydrogen-bond donors (Lipinski definition) is 0. The molecule has 0 saturated heterocycles. The number of nitrogens with zero attached hydrogens (tertiary/aromatic N) is 3. The zero-order chi connectivity index (χ0) is 60.1. The van der Waals surface area contributed by atoms with Gasteiger partial charge >= 0.3 is 0 Å². The van der Waals surface area contributed by atoms with Crippen molar-refractivity contribution in [3.63, 3.8) is 0 Å². The van der Waals surface area contributed by atoms with E-state index in [9.17, 15) is 5.26 Å². The number of nitriles is 1. The summed E-state index contributed by atoms with van der Waals surface area (Å²) in [6, 6.07) is 54.0. The Morgan fingerprint density at radius 2 is 0.826 bits per heavy atom. The molecular formula is C82H99N3S. The number of allylic oxidation sites excluding steroid dienone is 1. The highest BCUT2D eigenvalue weighted by Gasteiger charge is 2.48. The van der Waals surface area contributed by atoms with Gasteiger partial charge in [0, 0.05) is 37.6 Å². The van der Waals surface area contributed by atoms with Crippen molar-refractivity contribution in [2.75, 3.05) is 4.90 Å². The van der Waals surface area contributed by atoms with E-state index in [1.165, 1.54) is 219 Å². The zero-order valence-corrected chi connectivity index (χ0v) is 54.3. The molecule has 0 spiro atoms. The van der Waals surface area contributed by atoms with Gasteiger partial charge in [-0.25, -0.2) is 10.1 Å². The van der Waals surface area contributed by atoms with Crippen LogP contribution in [0.25, 0.3) is 56.5 Å². The van der Waals surface area contributed by atoms with E-state index >= 15 is 0 Å². The quantitative estimate of drug-likeness (QED) is 0.0225. The van der Waals surface area contributed by atoms with E-state index in [-0.39, 0.29) is 16.5 Å². The van der Waals surface area contributed by atoms with Gasteiger partial charge in [-0.15, -0.1) is 11.3 Å². The van der Waals surface area contributed by atoms with Crippen molar-refractivity contribution >= 4 is 46.6 Å². The largest absolute Gasteiger partial charge is 0.311 e. The van der Waals surface area contributed by atoms with Gasteiger partial charge < -0.3 is 4.90 Å². The summed E-state index contributed by atoms with van der Waals surface area (Å²) in [6.45, 7) is 21.1. The molecule has 7 aromatic rings. The number of benzene rings is 6. The lowest BCUT2D eigenvalue weighted by Crippen LogP contribution is -2.27. The minimum absolute atomic E-state index is 0.0393.